The molecule has 6 heteroatoms. The summed E-state index contributed by atoms with van der Waals surface area (Å²) in [6.45, 7) is 2.06. The van der Waals surface area contributed by atoms with Gasteiger partial charge in [-0.2, -0.15) is 5.26 Å². The first-order valence-electron chi connectivity index (χ1n) is 8.83. The summed E-state index contributed by atoms with van der Waals surface area (Å²) in [5, 5.41) is 11.9. The zero-order valence-electron chi connectivity index (χ0n) is 14.9. The van der Waals surface area contributed by atoms with E-state index in [9.17, 15) is 4.79 Å². The van der Waals surface area contributed by atoms with Crippen LogP contribution < -0.4 is 10.2 Å². The van der Waals surface area contributed by atoms with Crippen LogP contribution >= 0.6 is 0 Å². The van der Waals surface area contributed by atoms with Crippen LogP contribution in [0.25, 0.3) is 0 Å². The molecular formula is C20H23N5O. The minimum atomic E-state index is 0.0747. The molecule has 1 aromatic carbocycles. The molecule has 2 heterocycles. The van der Waals surface area contributed by atoms with Crippen molar-refractivity contribution in [3.8, 4) is 6.07 Å². The number of piperidine rings is 1. The van der Waals surface area contributed by atoms with Gasteiger partial charge < -0.3 is 15.1 Å². The lowest BCUT2D eigenvalue weighted by molar-refractivity contribution is -0.130. The Balaban J connectivity index is 1.47. The molecule has 134 valence electrons. The summed E-state index contributed by atoms with van der Waals surface area (Å²) < 4.78 is 0. The Morgan fingerprint density at radius 3 is 2.62 bits per heavy atom. The molecule has 0 atom stereocenters. The number of hydrogen-bond donors (Lipinski definition) is 1. The van der Waals surface area contributed by atoms with E-state index < -0.39 is 0 Å². The van der Waals surface area contributed by atoms with E-state index in [2.05, 4.69) is 21.3 Å². The molecule has 0 spiro atoms. The van der Waals surface area contributed by atoms with E-state index in [4.69, 9.17) is 5.26 Å². The van der Waals surface area contributed by atoms with Gasteiger partial charge in [0.05, 0.1) is 18.2 Å². The second-order valence-corrected chi connectivity index (χ2v) is 6.45. The summed E-state index contributed by atoms with van der Waals surface area (Å²) >= 11 is 0. The smallest absolute Gasteiger partial charge is 0.241 e. The third-order valence-corrected chi connectivity index (χ3v) is 4.84. The third-order valence-electron chi connectivity index (χ3n) is 4.84. The van der Waals surface area contributed by atoms with E-state index in [-0.39, 0.29) is 18.5 Å². The van der Waals surface area contributed by atoms with Crippen LogP contribution in [-0.4, -0.2) is 48.5 Å². The Hall–Kier alpha value is -3.07. The standard InChI is InChI=1S/C20H23N5O/c1-24(20(26)15-23-17-7-5-16(14-21)6-8-17)18-9-12-25(13-10-18)19-4-2-3-11-22-19/h2-8,11,18,23H,9-10,12-13,15H2,1H3. The Labute approximate surface area is 154 Å². The minimum Gasteiger partial charge on any atom is -0.376 e. The van der Waals surface area contributed by atoms with E-state index in [1.165, 1.54) is 0 Å². The van der Waals surface area contributed by atoms with Crippen LogP contribution in [0.1, 0.15) is 18.4 Å². The van der Waals surface area contributed by atoms with Gasteiger partial charge in [0.1, 0.15) is 5.82 Å². The number of hydrogen-bond acceptors (Lipinski definition) is 5. The summed E-state index contributed by atoms with van der Waals surface area (Å²) in [5.74, 6) is 1.08. The van der Waals surface area contributed by atoms with E-state index >= 15 is 0 Å². The van der Waals surface area contributed by atoms with Crippen molar-refractivity contribution in [2.24, 2.45) is 0 Å². The van der Waals surface area contributed by atoms with Gasteiger partial charge in [0.2, 0.25) is 5.91 Å². The largest absolute Gasteiger partial charge is 0.376 e. The highest BCUT2D eigenvalue weighted by molar-refractivity contribution is 5.81. The Morgan fingerprint density at radius 1 is 1.27 bits per heavy atom. The number of nitrogens with zero attached hydrogens (tertiary/aromatic N) is 4. The monoisotopic (exact) mass is 349 g/mol. The summed E-state index contributed by atoms with van der Waals surface area (Å²) in [5.41, 5.74) is 1.45. The molecule has 1 N–H and O–H groups in total. The van der Waals surface area contributed by atoms with Crippen LogP contribution in [0.4, 0.5) is 11.5 Å². The van der Waals surface area contributed by atoms with Crippen LogP contribution in [0.15, 0.2) is 48.7 Å². The minimum absolute atomic E-state index is 0.0747. The molecule has 1 saturated heterocycles. The highest BCUT2D eigenvalue weighted by Crippen LogP contribution is 2.20. The summed E-state index contributed by atoms with van der Waals surface area (Å²) in [6.07, 6.45) is 3.69. The summed E-state index contributed by atoms with van der Waals surface area (Å²) in [4.78, 5) is 21.0. The van der Waals surface area contributed by atoms with Gasteiger partial charge in [0.15, 0.2) is 0 Å². The predicted molar refractivity (Wildman–Crippen MR) is 102 cm³/mol. The number of carbonyl (C=O) groups is 1. The molecule has 0 unspecified atom stereocenters. The quantitative estimate of drug-likeness (QED) is 0.898. The molecule has 1 amide bonds. The SMILES string of the molecule is CN(C(=O)CNc1ccc(C#N)cc1)C1CCN(c2ccccn2)CC1. The van der Waals surface area contributed by atoms with Gasteiger partial charge in [-0.05, 0) is 49.2 Å². The second kappa shape index (κ2) is 8.34. The maximum atomic E-state index is 12.5. The zero-order valence-corrected chi connectivity index (χ0v) is 14.9. The second-order valence-electron chi connectivity index (χ2n) is 6.45. The van der Waals surface area contributed by atoms with Crippen LogP contribution in [0.3, 0.4) is 0 Å². The molecule has 0 saturated carbocycles. The third kappa shape index (κ3) is 4.31. The molecule has 2 aromatic rings. The fraction of sp³-hybridized carbons (Fsp3) is 0.350. The van der Waals surface area contributed by atoms with Crippen molar-refractivity contribution >= 4 is 17.4 Å². The Kier molecular flexibility index (Phi) is 5.69. The molecule has 0 radical (unpaired) electrons. The van der Waals surface area contributed by atoms with Crippen LogP contribution in [0.5, 0.6) is 0 Å². The van der Waals surface area contributed by atoms with Crippen LogP contribution in [0.2, 0.25) is 0 Å². The van der Waals surface area contributed by atoms with Gasteiger partial charge in [-0.3, -0.25) is 4.79 Å². The zero-order chi connectivity index (χ0) is 18.4. The van der Waals surface area contributed by atoms with E-state index in [0.717, 1.165) is 37.4 Å². The number of anilines is 2. The van der Waals surface area contributed by atoms with Gasteiger partial charge in [0, 0.05) is 38.1 Å². The van der Waals surface area contributed by atoms with Crippen molar-refractivity contribution in [2.45, 2.75) is 18.9 Å². The highest BCUT2D eigenvalue weighted by atomic mass is 16.2. The highest BCUT2D eigenvalue weighted by Gasteiger charge is 2.25. The lowest BCUT2D eigenvalue weighted by Gasteiger charge is -2.37. The number of carbonyl (C=O) groups excluding carboxylic acids is 1. The first-order valence-corrected chi connectivity index (χ1v) is 8.83. The number of nitrogens with one attached hydrogen (secondary N) is 1. The Bertz CT molecular complexity index is 761. The lowest BCUT2D eigenvalue weighted by Crippen LogP contribution is -2.47. The topological polar surface area (TPSA) is 72.3 Å². The molecule has 3 rings (SSSR count). The van der Waals surface area contributed by atoms with E-state index in [1.807, 2.05) is 48.5 Å². The van der Waals surface area contributed by atoms with Gasteiger partial charge in [-0.25, -0.2) is 4.98 Å². The van der Waals surface area contributed by atoms with Crippen LogP contribution in [0, 0.1) is 11.3 Å². The number of benzene rings is 1. The normalized spacial score (nSPS) is 14.5. The number of likely N-dealkylation sites (N-methyl/N-ethyl adjacent to an activating group) is 1. The van der Waals surface area contributed by atoms with E-state index in [1.54, 1.807) is 12.1 Å². The molecule has 0 bridgehead atoms. The van der Waals surface area contributed by atoms with Gasteiger partial charge in [0.25, 0.3) is 0 Å². The molecule has 1 fully saturated rings. The number of rotatable bonds is 5. The molecule has 1 aliphatic heterocycles. The van der Waals surface area contributed by atoms with E-state index in [0.29, 0.717) is 5.56 Å². The molecule has 0 aliphatic carbocycles. The first kappa shape index (κ1) is 17.7. The Morgan fingerprint density at radius 2 is 2.00 bits per heavy atom. The number of pyridine rings is 1. The molecular weight excluding hydrogens is 326 g/mol. The van der Waals surface area contributed by atoms with Crippen molar-refractivity contribution in [3.05, 3.63) is 54.2 Å². The maximum absolute atomic E-state index is 12.5. The summed E-state index contributed by atoms with van der Waals surface area (Å²) in [7, 11) is 1.88. The fourth-order valence-electron chi connectivity index (χ4n) is 3.19. The molecule has 6 nitrogen and oxygen atoms in total. The number of nitriles is 1. The molecule has 26 heavy (non-hydrogen) atoms. The van der Waals surface area contributed by atoms with Gasteiger partial charge in [-0.15, -0.1) is 0 Å². The van der Waals surface area contributed by atoms with Crippen molar-refractivity contribution in [1.82, 2.24) is 9.88 Å². The average Bonchev–Trinajstić information content (AvgIpc) is 2.72. The van der Waals surface area contributed by atoms with Crippen molar-refractivity contribution in [1.29, 1.82) is 5.26 Å². The van der Waals surface area contributed by atoms with Gasteiger partial charge >= 0.3 is 0 Å². The lowest BCUT2D eigenvalue weighted by atomic mass is 10.0. The van der Waals surface area contributed by atoms with Crippen LogP contribution in [-0.2, 0) is 4.79 Å². The molecule has 1 aromatic heterocycles. The average molecular weight is 349 g/mol. The van der Waals surface area contributed by atoms with Crippen molar-refractivity contribution < 1.29 is 4.79 Å². The predicted octanol–water partition coefficient (Wildman–Crippen LogP) is 2.49. The molecule has 1 aliphatic rings. The van der Waals surface area contributed by atoms with Crippen molar-refractivity contribution in [2.75, 3.05) is 36.9 Å². The fourth-order valence-corrected chi connectivity index (χ4v) is 3.19. The number of amides is 1. The maximum Gasteiger partial charge on any atom is 0.241 e. The first-order chi connectivity index (χ1) is 12.7. The van der Waals surface area contributed by atoms with Gasteiger partial charge in [-0.1, -0.05) is 6.07 Å². The summed E-state index contributed by atoms with van der Waals surface area (Å²) in [6, 6.07) is 15.4. The number of aromatic nitrogens is 1. The van der Waals surface area contributed by atoms with Crippen molar-refractivity contribution in [3.63, 3.8) is 0 Å².